The van der Waals surface area contributed by atoms with Gasteiger partial charge in [-0.15, -0.1) is 11.3 Å². The zero-order chi connectivity index (χ0) is 14.7. The third-order valence-electron chi connectivity index (χ3n) is 3.90. The number of carbonyl (C=O) groups is 1. The minimum absolute atomic E-state index is 0.00446. The highest BCUT2D eigenvalue weighted by Crippen LogP contribution is 2.25. The first kappa shape index (κ1) is 14.2. The van der Waals surface area contributed by atoms with E-state index in [2.05, 4.69) is 4.98 Å². The number of amides is 1. The first-order valence-electron chi connectivity index (χ1n) is 7.19. The Labute approximate surface area is 128 Å². The molecule has 2 heterocycles. The number of piperidine rings is 1. The standard InChI is InChI=1S/C16H18N2O2S/c19-10-12-6-8-18(9-7-12)16(20)14-11-21-15(17-14)13-4-2-1-3-5-13/h1-5,11-12,19H,6-10H2. The fourth-order valence-electron chi connectivity index (χ4n) is 2.57. The summed E-state index contributed by atoms with van der Waals surface area (Å²) in [7, 11) is 0. The van der Waals surface area contributed by atoms with E-state index in [0.717, 1.165) is 23.4 Å². The molecule has 5 heteroatoms. The highest BCUT2D eigenvalue weighted by Gasteiger charge is 2.24. The Morgan fingerprint density at radius 3 is 2.67 bits per heavy atom. The van der Waals surface area contributed by atoms with Gasteiger partial charge in [0.2, 0.25) is 0 Å². The number of hydrogen-bond acceptors (Lipinski definition) is 4. The second-order valence-electron chi connectivity index (χ2n) is 5.32. The van der Waals surface area contributed by atoms with E-state index >= 15 is 0 Å². The summed E-state index contributed by atoms with van der Waals surface area (Å²) in [5, 5.41) is 11.9. The fraction of sp³-hybridized carbons (Fsp3) is 0.375. The van der Waals surface area contributed by atoms with Gasteiger partial charge in [-0.05, 0) is 18.8 Å². The summed E-state index contributed by atoms with van der Waals surface area (Å²) in [5.74, 6) is 0.342. The molecule has 0 unspecified atom stereocenters. The van der Waals surface area contributed by atoms with Gasteiger partial charge in [0, 0.05) is 30.6 Å². The molecule has 1 amide bonds. The van der Waals surface area contributed by atoms with Crippen LogP contribution in [-0.2, 0) is 0 Å². The van der Waals surface area contributed by atoms with Crippen LogP contribution in [-0.4, -0.2) is 40.6 Å². The maximum Gasteiger partial charge on any atom is 0.273 e. The number of likely N-dealkylation sites (tertiary alicyclic amines) is 1. The smallest absolute Gasteiger partial charge is 0.273 e. The summed E-state index contributed by atoms with van der Waals surface area (Å²) >= 11 is 1.50. The van der Waals surface area contributed by atoms with E-state index in [9.17, 15) is 4.79 Å². The summed E-state index contributed by atoms with van der Waals surface area (Å²) in [4.78, 5) is 18.8. The molecule has 1 fully saturated rings. The Hall–Kier alpha value is -1.72. The number of rotatable bonds is 3. The van der Waals surface area contributed by atoms with E-state index in [-0.39, 0.29) is 12.5 Å². The number of nitrogens with zero attached hydrogens (tertiary/aromatic N) is 2. The molecule has 1 aromatic carbocycles. The maximum atomic E-state index is 12.4. The monoisotopic (exact) mass is 302 g/mol. The van der Waals surface area contributed by atoms with Crippen molar-refractivity contribution >= 4 is 17.2 Å². The maximum absolute atomic E-state index is 12.4. The average molecular weight is 302 g/mol. The van der Waals surface area contributed by atoms with Crippen molar-refractivity contribution in [3.63, 3.8) is 0 Å². The van der Waals surface area contributed by atoms with E-state index in [0.29, 0.717) is 24.7 Å². The predicted molar refractivity (Wildman–Crippen MR) is 83.3 cm³/mol. The van der Waals surface area contributed by atoms with Crippen molar-refractivity contribution in [1.29, 1.82) is 0 Å². The molecule has 3 rings (SSSR count). The topological polar surface area (TPSA) is 53.4 Å². The summed E-state index contributed by atoms with van der Waals surface area (Å²) in [6.07, 6.45) is 1.75. The SMILES string of the molecule is O=C(c1csc(-c2ccccc2)n1)N1CCC(CO)CC1. The van der Waals surface area contributed by atoms with Crippen LogP contribution < -0.4 is 0 Å². The van der Waals surface area contributed by atoms with Crippen LogP contribution in [0.25, 0.3) is 10.6 Å². The Morgan fingerprint density at radius 2 is 2.00 bits per heavy atom. The molecule has 1 saturated heterocycles. The second-order valence-corrected chi connectivity index (χ2v) is 6.18. The first-order valence-corrected chi connectivity index (χ1v) is 8.07. The van der Waals surface area contributed by atoms with Gasteiger partial charge in [-0.3, -0.25) is 4.79 Å². The van der Waals surface area contributed by atoms with E-state index in [4.69, 9.17) is 5.11 Å². The van der Waals surface area contributed by atoms with Crippen LogP contribution in [0.15, 0.2) is 35.7 Å². The van der Waals surface area contributed by atoms with Crippen LogP contribution in [0.5, 0.6) is 0 Å². The summed E-state index contributed by atoms with van der Waals surface area (Å²) < 4.78 is 0. The normalized spacial score (nSPS) is 16.1. The van der Waals surface area contributed by atoms with Gasteiger partial charge in [0.15, 0.2) is 0 Å². The van der Waals surface area contributed by atoms with Gasteiger partial charge in [-0.1, -0.05) is 30.3 Å². The molecule has 1 N–H and O–H groups in total. The van der Waals surface area contributed by atoms with E-state index < -0.39 is 0 Å². The Morgan fingerprint density at radius 1 is 1.29 bits per heavy atom. The quantitative estimate of drug-likeness (QED) is 0.948. The molecule has 21 heavy (non-hydrogen) atoms. The molecule has 110 valence electrons. The molecule has 0 bridgehead atoms. The summed E-state index contributed by atoms with van der Waals surface area (Å²) in [6.45, 7) is 1.64. The molecular weight excluding hydrogens is 284 g/mol. The van der Waals surface area contributed by atoms with E-state index in [1.165, 1.54) is 11.3 Å². The first-order chi connectivity index (χ1) is 10.3. The number of aliphatic hydroxyl groups is 1. The molecule has 0 radical (unpaired) electrons. The van der Waals surface area contributed by atoms with Crippen molar-refractivity contribution in [1.82, 2.24) is 9.88 Å². The average Bonchev–Trinajstić information content (AvgIpc) is 3.05. The number of aromatic nitrogens is 1. The molecule has 0 atom stereocenters. The lowest BCUT2D eigenvalue weighted by atomic mass is 9.98. The Bertz CT molecular complexity index is 604. The van der Waals surface area contributed by atoms with Gasteiger partial charge >= 0.3 is 0 Å². The van der Waals surface area contributed by atoms with Gasteiger partial charge in [0.25, 0.3) is 5.91 Å². The van der Waals surface area contributed by atoms with Gasteiger partial charge in [-0.25, -0.2) is 4.98 Å². The van der Waals surface area contributed by atoms with Gasteiger partial charge in [0.05, 0.1) is 0 Å². The molecule has 0 aliphatic carbocycles. The number of aliphatic hydroxyl groups excluding tert-OH is 1. The number of carbonyl (C=O) groups excluding carboxylic acids is 1. The lowest BCUT2D eigenvalue weighted by molar-refractivity contribution is 0.0646. The van der Waals surface area contributed by atoms with Gasteiger partial charge < -0.3 is 10.0 Å². The molecule has 2 aromatic rings. The Balaban J connectivity index is 1.70. The van der Waals surface area contributed by atoms with Crippen LogP contribution >= 0.6 is 11.3 Å². The van der Waals surface area contributed by atoms with Crippen LogP contribution in [0.1, 0.15) is 23.3 Å². The van der Waals surface area contributed by atoms with Crippen molar-refractivity contribution < 1.29 is 9.90 Å². The van der Waals surface area contributed by atoms with Crippen molar-refractivity contribution in [2.24, 2.45) is 5.92 Å². The van der Waals surface area contributed by atoms with Crippen LogP contribution in [0.3, 0.4) is 0 Å². The van der Waals surface area contributed by atoms with Crippen molar-refractivity contribution in [3.8, 4) is 10.6 Å². The molecule has 1 aliphatic heterocycles. The van der Waals surface area contributed by atoms with Crippen LogP contribution in [0, 0.1) is 5.92 Å². The lowest BCUT2D eigenvalue weighted by Gasteiger charge is -2.30. The minimum Gasteiger partial charge on any atom is -0.396 e. The van der Waals surface area contributed by atoms with Gasteiger partial charge in [0.1, 0.15) is 10.7 Å². The molecular formula is C16H18N2O2S. The molecule has 1 aliphatic rings. The third kappa shape index (κ3) is 3.14. The van der Waals surface area contributed by atoms with E-state index in [1.54, 1.807) is 0 Å². The van der Waals surface area contributed by atoms with Gasteiger partial charge in [-0.2, -0.15) is 0 Å². The van der Waals surface area contributed by atoms with Crippen LogP contribution in [0.4, 0.5) is 0 Å². The van der Waals surface area contributed by atoms with E-state index in [1.807, 2.05) is 40.6 Å². The lowest BCUT2D eigenvalue weighted by Crippen LogP contribution is -2.39. The second kappa shape index (κ2) is 6.37. The number of thiazole rings is 1. The number of benzene rings is 1. The molecule has 0 saturated carbocycles. The fourth-order valence-corrected chi connectivity index (χ4v) is 3.37. The third-order valence-corrected chi connectivity index (χ3v) is 4.80. The van der Waals surface area contributed by atoms with Crippen molar-refractivity contribution in [2.75, 3.05) is 19.7 Å². The minimum atomic E-state index is 0.00446. The van der Waals surface area contributed by atoms with Crippen molar-refractivity contribution in [2.45, 2.75) is 12.8 Å². The zero-order valence-corrected chi connectivity index (χ0v) is 12.6. The predicted octanol–water partition coefficient (Wildman–Crippen LogP) is 2.65. The summed E-state index contributed by atoms with van der Waals surface area (Å²) in [6, 6.07) is 9.91. The Kier molecular flexibility index (Phi) is 4.31. The molecule has 1 aromatic heterocycles. The molecule has 4 nitrogen and oxygen atoms in total. The van der Waals surface area contributed by atoms with Crippen molar-refractivity contribution in [3.05, 3.63) is 41.4 Å². The largest absolute Gasteiger partial charge is 0.396 e. The highest BCUT2D eigenvalue weighted by molar-refractivity contribution is 7.13. The highest BCUT2D eigenvalue weighted by atomic mass is 32.1. The summed E-state index contributed by atoms with van der Waals surface area (Å²) in [5.41, 5.74) is 1.57. The van der Waals surface area contributed by atoms with Crippen LogP contribution in [0.2, 0.25) is 0 Å². The number of hydrogen-bond donors (Lipinski definition) is 1. The molecule has 0 spiro atoms. The zero-order valence-electron chi connectivity index (χ0n) is 11.7.